The number of rotatable bonds is 4. The zero-order chi connectivity index (χ0) is 12.3. The molecule has 1 N–H and O–H groups in total. The first kappa shape index (κ1) is 11.8. The summed E-state index contributed by atoms with van der Waals surface area (Å²) >= 11 is 3.26. The topological polar surface area (TPSA) is 73.0 Å². The number of nitrogens with zero attached hydrogens (tertiary/aromatic N) is 3. The molecule has 0 aliphatic rings. The highest BCUT2D eigenvalue weighted by Gasteiger charge is 2.07. The molecule has 0 aromatic carbocycles. The number of hydrogen-bond acceptors (Lipinski definition) is 5. The van der Waals surface area contributed by atoms with Crippen LogP contribution in [0.15, 0.2) is 32.3 Å². The molecule has 0 saturated carbocycles. The normalized spacial score (nSPS) is 10.5. The van der Waals surface area contributed by atoms with Crippen molar-refractivity contribution < 1.29 is 4.52 Å². The molecule has 7 heteroatoms. The van der Waals surface area contributed by atoms with Crippen LogP contribution in [0.25, 0.3) is 0 Å². The minimum absolute atomic E-state index is 0.155. The summed E-state index contributed by atoms with van der Waals surface area (Å²) in [6.45, 7) is 2.89. The second-order valence-electron chi connectivity index (χ2n) is 3.34. The number of anilines is 1. The Morgan fingerprint density at radius 2 is 2.41 bits per heavy atom. The van der Waals surface area contributed by atoms with Crippen LogP contribution in [-0.2, 0) is 13.1 Å². The van der Waals surface area contributed by atoms with Gasteiger partial charge in [-0.3, -0.25) is 4.79 Å². The smallest absolute Gasteiger partial charge is 0.283 e. The maximum absolute atomic E-state index is 11.8. The maximum atomic E-state index is 11.8. The Hall–Kier alpha value is -1.63. The van der Waals surface area contributed by atoms with Gasteiger partial charge in [0.05, 0.1) is 18.4 Å². The van der Waals surface area contributed by atoms with Crippen LogP contribution in [0.4, 0.5) is 5.69 Å². The molecule has 0 fully saturated rings. The van der Waals surface area contributed by atoms with E-state index in [0.29, 0.717) is 23.2 Å². The number of aromatic nitrogens is 3. The molecule has 0 atom stereocenters. The van der Waals surface area contributed by atoms with Crippen molar-refractivity contribution in [3.05, 3.63) is 39.0 Å². The summed E-state index contributed by atoms with van der Waals surface area (Å²) in [5.74, 6) is 0. The summed E-state index contributed by atoms with van der Waals surface area (Å²) < 4.78 is 6.56. The van der Waals surface area contributed by atoms with E-state index >= 15 is 0 Å². The lowest BCUT2D eigenvalue weighted by atomic mass is 10.4. The van der Waals surface area contributed by atoms with E-state index in [0.717, 1.165) is 5.69 Å². The van der Waals surface area contributed by atoms with Crippen molar-refractivity contribution in [3.63, 3.8) is 0 Å². The molecule has 0 saturated heterocycles. The van der Waals surface area contributed by atoms with Crippen molar-refractivity contribution >= 4 is 21.6 Å². The molecule has 2 heterocycles. The molecule has 0 radical (unpaired) electrons. The van der Waals surface area contributed by atoms with Crippen LogP contribution in [0.3, 0.4) is 0 Å². The summed E-state index contributed by atoms with van der Waals surface area (Å²) in [4.78, 5) is 11.8. The van der Waals surface area contributed by atoms with Gasteiger partial charge in [0.2, 0.25) is 0 Å². The SMILES string of the molecule is CCn1ncc(NCc2ccon2)c(Br)c1=O. The van der Waals surface area contributed by atoms with Crippen molar-refractivity contribution in [2.75, 3.05) is 5.32 Å². The lowest BCUT2D eigenvalue weighted by molar-refractivity contribution is 0.412. The molecule has 2 rings (SSSR count). The fraction of sp³-hybridized carbons (Fsp3) is 0.300. The highest BCUT2D eigenvalue weighted by Crippen LogP contribution is 2.16. The van der Waals surface area contributed by atoms with Crippen LogP contribution in [0, 0.1) is 0 Å². The third kappa shape index (κ3) is 2.55. The molecule has 0 aliphatic heterocycles. The minimum atomic E-state index is -0.155. The summed E-state index contributed by atoms with van der Waals surface area (Å²) in [7, 11) is 0. The van der Waals surface area contributed by atoms with Gasteiger partial charge in [0.25, 0.3) is 5.56 Å². The van der Waals surface area contributed by atoms with Gasteiger partial charge < -0.3 is 9.84 Å². The second kappa shape index (κ2) is 5.13. The molecule has 2 aromatic heterocycles. The van der Waals surface area contributed by atoms with Gasteiger partial charge in [0.15, 0.2) is 0 Å². The summed E-state index contributed by atoms with van der Waals surface area (Å²) in [5, 5.41) is 10.8. The van der Waals surface area contributed by atoms with Crippen molar-refractivity contribution in [2.45, 2.75) is 20.0 Å². The first-order valence-electron chi connectivity index (χ1n) is 5.11. The predicted octanol–water partition coefficient (Wildman–Crippen LogP) is 1.63. The van der Waals surface area contributed by atoms with Gasteiger partial charge in [-0.05, 0) is 22.9 Å². The van der Waals surface area contributed by atoms with Gasteiger partial charge in [-0.25, -0.2) is 4.68 Å². The molecule has 17 heavy (non-hydrogen) atoms. The van der Waals surface area contributed by atoms with Crippen LogP contribution < -0.4 is 10.9 Å². The lowest BCUT2D eigenvalue weighted by Gasteiger charge is -2.07. The van der Waals surface area contributed by atoms with Gasteiger partial charge in [0.1, 0.15) is 16.4 Å². The Morgan fingerprint density at radius 3 is 3.06 bits per heavy atom. The molecule has 6 nitrogen and oxygen atoms in total. The van der Waals surface area contributed by atoms with Gasteiger partial charge in [-0.1, -0.05) is 5.16 Å². The van der Waals surface area contributed by atoms with Crippen molar-refractivity contribution in [1.82, 2.24) is 14.9 Å². The third-order valence-corrected chi connectivity index (χ3v) is 3.00. The predicted molar refractivity (Wildman–Crippen MR) is 65.7 cm³/mol. The molecule has 0 unspecified atom stereocenters. The highest BCUT2D eigenvalue weighted by molar-refractivity contribution is 9.10. The highest BCUT2D eigenvalue weighted by atomic mass is 79.9. The maximum Gasteiger partial charge on any atom is 0.283 e. The van der Waals surface area contributed by atoms with Crippen LogP contribution in [0.1, 0.15) is 12.6 Å². The molecule has 90 valence electrons. The van der Waals surface area contributed by atoms with E-state index < -0.39 is 0 Å². The number of halogens is 1. The summed E-state index contributed by atoms with van der Waals surface area (Å²) in [6.07, 6.45) is 3.11. The number of aryl methyl sites for hydroxylation is 1. The second-order valence-corrected chi connectivity index (χ2v) is 4.13. The molecule has 0 amide bonds. The van der Waals surface area contributed by atoms with Crippen LogP contribution in [-0.4, -0.2) is 14.9 Å². The third-order valence-electron chi connectivity index (χ3n) is 2.24. The fourth-order valence-electron chi connectivity index (χ4n) is 1.33. The van der Waals surface area contributed by atoms with E-state index in [1.807, 2.05) is 6.92 Å². The van der Waals surface area contributed by atoms with E-state index in [1.165, 1.54) is 10.9 Å². The first-order chi connectivity index (χ1) is 8.22. The molecule has 2 aromatic rings. The average molecular weight is 299 g/mol. The van der Waals surface area contributed by atoms with Gasteiger partial charge >= 0.3 is 0 Å². The molecule has 0 bridgehead atoms. The van der Waals surface area contributed by atoms with Gasteiger partial charge in [-0.2, -0.15) is 5.10 Å². The van der Waals surface area contributed by atoms with E-state index in [4.69, 9.17) is 4.52 Å². The van der Waals surface area contributed by atoms with Crippen molar-refractivity contribution in [2.24, 2.45) is 0 Å². The summed E-state index contributed by atoms with van der Waals surface area (Å²) in [5.41, 5.74) is 1.25. The van der Waals surface area contributed by atoms with E-state index in [9.17, 15) is 4.79 Å². The first-order valence-corrected chi connectivity index (χ1v) is 5.90. The molecule has 0 spiro atoms. The quantitative estimate of drug-likeness (QED) is 0.929. The Balaban J connectivity index is 2.17. The number of nitrogens with one attached hydrogen (secondary N) is 1. The standard InChI is InChI=1S/C10H11BrN4O2/c1-2-15-10(16)9(11)8(6-13-15)12-5-7-3-4-17-14-7/h3-4,6,12H,2,5H2,1H3. The Labute approximate surface area is 106 Å². The van der Waals surface area contributed by atoms with Crippen LogP contribution in [0.2, 0.25) is 0 Å². The van der Waals surface area contributed by atoms with Crippen LogP contribution in [0.5, 0.6) is 0 Å². The number of hydrogen-bond donors (Lipinski definition) is 1. The minimum Gasteiger partial charge on any atom is -0.377 e. The largest absolute Gasteiger partial charge is 0.377 e. The zero-order valence-corrected chi connectivity index (χ0v) is 10.8. The molecular formula is C10H11BrN4O2. The van der Waals surface area contributed by atoms with Gasteiger partial charge in [0, 0.05) is 12.6 Å². The Morgan fingerprint density at radius 1 is 1.59 bits per heavy atom. The average Bonchev–Trinajstić information content (AvgIpc) is 2.84. The van der Waals surface area contributed by atoms with Crippen molar-refractivity contribution in [3.8, 4) is 0 Å². The Kier molecular flexibility index (Phi) is 3.58. The van der Waals surface area contributed by atoms with Gasteiger partial charge in [-0.15, -0.1) is 0 Å². The summed E-state index contributed by atoms with van der Waals surface area (Å²) in [6, 6.07) is 1.75. The van der Waals surface area contributed by atoms with E-state index in [1.54, 1.807) is 12.3 Å². The molecular weight excluding hydrogens is 288 g/mol. The lowest BCUT2D eigenvalue weighted by Crippen LogP contribution is -2.23. The Bertz CT molecular complexity index is 550. The van der Waals surface area contributed by atoms with E-state index in [-0.39, 0.29) is 5.56 Å². The molecule has 0 aliphatic carbocycles. The van der Waals surface area contributed by atoms with E-state index in [2.05, 4.69) is 31.5 Å². The van der Waals surface area contributed by atoms with Crippen LogP contribution >= 0.6 is 15.9 Å². The fourth-order valence-corrected chi connectivity index (χ4v) is 1.78. The zero-order valence-electron chi connectivity index (χ0n) is 9.18. The van der Waals surface area contributed by atoms with Crippen molar-refractivity contribution in [1.29, 1.82) is 0 Å². The monoisotopic (exact) mass is 298 g/mol.